The van der Waals surface area contributed by atoms with Crippen LogP contribution in [0, 0.1) is 0 Å². The molecule has 1 rings (SSSR count). The van der Waals surface area contributed by atoms with Crippen LogP contribution >= 0.6 is 12.4 Å². The van der Waals surface area contributed by atoms with Gasteiger partial charge in [-0.15, -0.1) is 12.4 Å². The Bertz CT molecular complexity index is 385. The number of alkyl halides is 2. The molecule has 110 valence electrons. The molecule has 0 aliphatic carbocycles. The third kappa shape index (κ3) is 6.46. The molecule has 1 aromatic rings. The van der Waals surface area contributed by atoms with Crippen molar-refractivity contribution in [2.24, 2.45) is 5.73 Å². The van der Waals surface area contributed by atoms with E-state index in [1.807, 2.05) is 0 Å². The lowest BCUT2D eigenvalue weighted by molar-refractivity contribution is -0.118. The van der Waals surface area contributed by atoms with Crippen molar-refractivity contribution < 1.29 is 18.3 Å². The number of anilines is 1. The van der Waals surface area contributed by atoms with Gasteiger partial charge in [-0.3, -0.25) is 9.48 Å². The summed E-state index contributed by atoms with van der Waals surface area (Å²) >= 11 is 0. The summed E-state index contributed by atoms with van der Waals surface area (Å²) in [5.41, 5.74) is 5.75. The summed E-state index contributed by atoms with van der Waals surface area (Å²) in [6, 6.07) is 0. The monoisotopic (exact) mass is 298 g/mol. The predicted octanol–water partition coefficient (Wildman–Crippen LogP) is 0.872. The molecule has 1 aromatic heterocycles. The van der Waals surface area contributed by atoms with Crippen LogP contribution in [0.1, 0.15) is 6.42 Å². The number of ether oxygens (including phenoxy) is 1. The third-order valence-electron chi connectivity index (χ3n) is 2.25. The Morgan fingerprint density at radius 1 is 1.63 bits per heavy atom. The van der Waals surface area contributed by atoms with Crippen LogP contribution in [0.25, 0.3) is 0 Å². The first kappa shape index (κ1) is 17.8. The number of carbonyl (C=O) groups is 1. The van der Waals surface area contributed by atoms with Gasteiger partial charge in [0.05, 0.1) is 24.4 Å². The van der Waals surface area contributed by atoms with Crippen molar-refractivity contribution in [3.05, 3.63) is 12.4 Å². The van der Waals surface area contributed by atoms with Crippen LogP contribution in [-0.4, -0.2) is 41.9 Å². The van der Waals surface area contributed by atoms with Crippen LogP contribution < -0.4 is 11.1 Å². The van der Waals surface area contributed by atoms with Gasteiger partial charge in [-0.2, -0.15) is 5.10 Å². The number of rotatable bonds is 7. The number of nitrogens with two attached hydrogens (primary N) is 1. The largest absolute Gasteiger partial charge is 0.380 e. The van der Waals surface area contributed by atoms with Crippen molar-refractivity contribution in [2.75, 3.05) is 19.0 Å². The molecule has 0 aliphatic heterocycles. The van der Waals surface area contributed by atoms with Crippen molar-refractivity contribution in [2.45, 2.75) is 25.5 Å². The van der Waals surface area contributed by atoms with Crippen LogP contribution in [0.4, 0.5) is 14.5 Å². The SMILES string of the molecule is COC(CN)CC(=O)Nc1cnn(CC(F)F)c1.Cl. The highest BCUT2D eigenvalue weighted by atomic mass is 35.5. The fourth-order valence-electron chi connectivity index (χ4n) is 1.35. The molecule has 0 fully saturated rings. The summed E-state index contributed by atoms with van der Waals surface area (Å²) in [7, 11) is 1.46. The lowest BCUT2D eigenvalue weighted by Crippen LogP contribution is -2.28. The third-order valence-corrected chi connectivity index (χ3v) is 2.25. The molecule has 0 saturated carbocycles. The summed E-state index contributed by atoms with van der Waals surface area (Å²) in [5, 5.41) is 6.23. The molecule has 1 heterocycles. The first-order chi connectivity index (χ1) is 8.55. The number of hydrogen-bond donors (Lipinski definition) is 2. The smallest absolute Gasteiger partial charge is 0.257 e. The Morgan fingerprint density at radius 2 is 2.32 bits per heavy atom. The van der Waals surface area contributed by atoms with E-state index in [-0.39, 0.29) is 37.4 Å². The second-order valence-corrected chi connectivity index (χ2v) is 3.69. The zero-order valence-electron chi connectivity index (χ0n) is 10.4. The number of aromatic nitrogens is 2. The Labute approximate surface area is 115 Å². The average molecular weight is 299 g/mol. The number of halogens is 3. The van der Waals surface area contributed by atoms with Gasteiger partial charge in [0.15, 0.2) is 0 Å². The summed E-state index contributed by atoms with van der Waals surface area (Å²) in [5.74, 6) is -0.302. The standard InChI is InChI=1S/C10H16F2N4O2.ClH/c1-18-8(3-13)2-10(17)15-7-4-14-16(5-7)6-9(11)12;/h4-5,8-9H,2-3,6,13H2,1H3,(H,15,17);1H. The van der Waals surface area contributed by atoms with Gasteiger partial charge in [-0.25, -0.2) is 8.78 Å². The molecule has 0 aromatic carbocycles. The molecule has 6 nitrogen and oxygen atoms in total. The zero-order valence-corrected chi connectivity index (χ0v) is 11.2. The molecule has 0 aliphatic rings. The maximum absolute atomic E-state index is 12.1. The molecule has 0 saturated heterocycles. The van der Waals surface area contributed by atoms with Gasteiger partial charge in [-0.05, 0) is 0 Å². The number of nitrogens with zero attached hydrogens (tertiary/aromatic N) is 2. The fourth-order valence-corrected chi connectivity index (χ4v) is 1.35. The minimum absolute atomic E-state index is 0. The van der Waals surface area contributed by atoms with Crippen molar-refractivity contribution in [1.29, 1.82) is 0 Å². The van der Waals surface area contributed by atoms with Crippen LogP contribution in [0.3, 0.4) is 0 Å². The van der Waals surface area contributed by atoms with E-state index in [9.17, 15) is 13.6 Å². The number of carbonyl (C=O) groups excluding carboxylic acids is 1. The van der Waals surface area contributed by atoms with Crippen LogP contribution in [0.5, 0.6) is 0 Å². The van der Waals surface area contributed by atoms with Crippen molar-refractivity contribution in [3.63, 3.8) is 0 Å². The van der Waals surface area contributed by atoms with E-state index in [1.165, 1.54) is 19.5 Å². The van der Waals surface area contributed by atoms with E-state index in [2.05, 4.69) is 10.4 Å². The zero-order chi connectivity index (χ0) is 13.5. The summed E-state index contributed by atoms with van der Waals surface area (Å²) in [6.45, 7) is -0.270. The second kappa shape index (κ2) is 8.78. The van der Waals surface area contributed by atoms with Crippen molar-refractivity contribution >= 4 is 24.0 Å². The van der Waals surface area contributed by atoms with Gasteiger partial charge in [0, 0.05) is 19.9 Å². The Kier molecular flexibility index (Phi) is 8.21. The first-order valence-corrected chi connectivity index (χ1v) is 5.38. The first-order valence-electron chi connectivity index (χ1n) is 5.38. The molecule has 0 radical (unpaired) electrons. The van der Waals surface area contributed by atoms with Gasteiger partial charge < -0.3 is 15.8 Å². The van der Waals surface area contributed by atoms with E-state index in [0.717, 1.165) is 4.68 Å². The fraction of sp³-hybridized carbons (Fsp3) is 0.600. The van der Waals surface area contributed by atoms with Crippen LogP contribution in [0.15, 0.2) is 12.4 Å². The van der Waals surface area contributed by atoms with Crippen molar-refractivity contribution in [3.8, 4) is 0 Å². The Morgan fingerprint density at radius 3 is 2.84 bits per heavy atom. The minimum atomic E-state index is -2.48. The van der Waals surface area contributed by atoms with Crippen LogP contribution in [-0.2, 0) is 16.1 Å². The molecule has 0 bridgehead atoms. The van der Waals surface area contributed by atoms with Gasteiger partial charge >= 0.3 is 0 Å². The highest BCUT2D eigenvalue weighted by molar-refractivity contribution is 5.90. The predicted molar refractivity (Wildman–Crippen MR) is 68.6 cm³/mol. The minimum Gasteiger partial charge on any atom is -0.380 e. The van der Waals surface area contributed by atoms with Gasteiger partial charge in [0.25, 0.3) is 6.43 Å². The van der Waals surface area contributed by atoms with E-state index in [0.29, 0.717) is 5.69 Å². The molecule has 9 heteroatoms. The highest BCUT2D eigenvalue weighted by Gasteiger charge is 2.12. The number of methoxy groups -OCH3 is 1. The summed E-state index contributed by atoms with van der Waals surface area (Å²) in [4.78, 5) is 11.5. The van der Waals surface area contributed by atoms with Gasteiger partial charge in [0.1, 0.15) is 6.54 Å². The maximum Gasteiger partial charge on any atom is 0.257 e. The molecule has 0 spiro atoms. The molecule has 1 amide bonds. The summed E-state index contributed by atoms with van der Waals surface area (Å²) < 4.78 is 30.2. The lowest BCUT2D eigenvalue weighted by Gasteiger charge is -2.11. The Balaban J connectivity index is 0.00000324. The average Bonchev–Trinajstić information content (AvgIpc) is 2.72. The maximum atomic E-state index is 12.1. The van der Waals surface area contributed by atoms with E-state index in [1.54, 1.807) is 0 Å². The molecular formula is C10H17ClF2N4O2. The lowest BCUT2D eigenvalue weighted by atomic mass is 10.2. The molecule has 1 unspecified atom stereocenters. The molecule has 3 N–H and O–H groups in total. The normalized spacial score (nSPS) is 12.1. The Hall–Kier alpha value is -1.25. The summed E-state index contributed by atoms with van der Waals surface area (Å²) in [6.07, 6.45) is -0.0871. The number of nitrogens with one attached hydrogen (secondary N) is 1. The van der Waals surface area contributed by atoms with E-state index in [4.69, 9.17) is 10.5 Å². The number of hydrogen-bond acceptors (Lipinski definition) is 4. The quantitative estimate of drug-likeness (QED) is 0.782. The molecule has 1 atom stereocenters. The van der Waals surface area contributed by atoms with Gasteiger partial charge in [-0.1, -0.05) is 0 Å². The van der Waals surface area contributed by atoms with E-state index < -0.39 is 13.0 Å². The topological polar surface area (TPSA) is 82.2 Å². The molecule has 19 heavy (non-hydrogen) atoms. The highest BCUT2D eigenvalue weighted by Crippen LogP contribution is 2.08. The van der Waals surface area contributed by atoms with E-state index >= 15 is 0 Å². The van der Waals surface area contributed by atoms with Gasteiger partial charge in [0.2, 0.25) is 5.91 Å². The van der Waals surface area contributed by atoms with Crippen LogP contribution in [0.2, 0.25) is 0 Å². The molecular weight excluding hydrogens is 282 g/mol. The van der Waals surface area contributed by atoms with Crippen molar-refractivity contribution in [1.82, 2.24) is 9.78 Å². The number of amides is 1. The second-order valence-electron chi connectivity index (χ2n) is 3.69.